The molecule has 0 radical (unpaired) electrons. The second kappa shape index (κ2) is 10.2. The number of carbonyl (C=O) groups is 2. The summed E-state index contributed by atoms with van der Waals surface area (Å²) in [7, 11) is 0. The Bertz CT molecular complexity index is 732. The molecule has 0 rings (SSSR count). The Morgan fingerprint density at radius 2 is 0.853 bits per heavy atom. The SMILES string of the molecule is O=C(O)C(F)C(F)C(F)C(F)C(F)C(F)C(F)C(F)C(F)(F)C(F)(F)C(F)(F)C(F)(F)C(=O)O. The molecule has 0 aliphatic carbocycles. The molecule has 34 heavy (non-hydrogen) atoms. The summed E-state index contributed by atoms with van der Waals surface area (Å²) in [6.07, 6.45) is -37.6. The molecule has 4 nitrogen and oxygen atoms in total. The third-order valence-electron chi connectivity index (χ3n) is 4.14. The number of rotatable bonds is 13. The van der Waals surface area contributed by atoms with Gasteiger partial charge in [-0.1, -0.05) is 0 Å². The fourth-order valence-corrected chi connectivity index (χ4v) is 2.08. The third-order valence-corrected chi connectivity index (χ3v) is 4.14. The summed E-state index contributed by atoms with van der Waals surface area (Å²) in [4.78, 5) is 20.0. The van der Waals surface area contributed by atoms with Crippen LogP contribution in [0.2, 0.25) is 0 Å². The van der Waals surface area contributed by atoms with Crippen LogP contribution in [0.3, 0.4) is 0 Å². The normalized spacial score (nSPS) is 21.1. The van der Waals surface area contributed by atoms with Gasteiger partial charge in [0.2, 0.25) is 12.3 Å². The summed E-state index contributed by atoms with van der Waals surface area (Å²) in [6, 6.07) is 0. The molecule has 0 fully saturated rings. The minimum atomic E-state index is -7.85. The second-order valence-electron chi connectivity index (χ2n) is 6.46. The topological polar surface area (TPSA) is 74.6 Å². The number of carboxylic acids is 2. The van der Waals surface area contributed by atoms with Crippen LogP contribution in [0.1, 0.15) is 0 Å². The highest BCUT2D eigenvalue weighted by atomic mass is 19.4. The van der Waals surface area contributed by atoms with Crippen molar-refractivity contribution < 1.29 is 90.0 Å². The van der Waals surface area contributed by atoms with E-state index in [1.807, 2.05) is 0 Å². The molecular weight excluding hydrogens is 536 g/mol. The van der Waals surface area contributed by atoms with Gasteiger partial charge in [0.1, 0.15) is 0 Å². The van der Waals surface area contributed by atoms with Gasteiger partial charge in [-0.2, -0.15) is 35.1 Å². The molecule has 0 bridgehead atoms. The van der Waals surface area contributed by atoms with Gasteiger partial charge in [0, 0.05) is 0 Å². The van der Waals surface area contributed by atoms with Crippen LogP contribution in [-0.4, -0.2) is 95.2 Å². The van der Waals surface area contributed by atoms with E-state index in [2.05, 4.69) is 0 Å². The Labute approximate surface area is 176 Å². The lowest BCUT2D eigenvalue weighted by Gasteiger charge is -2.37. The van der Waals surface area contributed by atoms with Gasteiger partial charge >= 0.3 is 35.6 Å². The fourth-order valence-electron chi connectivity index (χ4n) is 2.08. The van der Waals surface area contributed by atoms with Gasteiger partial charge in [0.05, 0.1) is 0 Å². The zero-order valence-corrected chi connectivity index (χ0v) is 15.4. The maximum Gasteiger partial charge on any atom is 0.410 e. The van der Waals surface area contributed by atoms with Gasteiger partial charge in [-0.3, -0.25) is 0 Å². The summed E-state index contributed by atoms with van der Waals surface area (Å²) in [6.45, 7) is 0. The largest absolute Gasteiger partial charge is 0.479 e. The predicted molar refractivity (Wildman–Crippen MR) is 74.2 cm³/mol. The highest BCUT2D eigenvalue weighted by molar-refractivity contribution is 5.77. The number of hydrogen-bond donors (Lipinski definition) is 2. The van der Waals surface area contributed by atoms with Crippen molar-refractivity contribution in [2.75, 3.05) is 0 Å². The summed E-state index contributed by atoms with van der Waals surface area (Å²) >= 11 is 0. The Balaban J connectivity index is 5.91. The van der Waals surface area contributed by atoms with E-state index >= 15 is 0 Å². The molecule has 0 aromatic heterocycles. The number of alkyl halides is 16. The third kappa shape index (κ3) is 5.23. The minimum Gasteiger partial charge on any atom is -0.479 e. The van der Waals surface area contributed by atoms with E-state index in [-0.39, 0.29) is 0 Å². The molecule has 0 amide bonds. The van der Waals surface area contributed by atoms with Gasteiger partial charge in [-0.25, -0.2) is 44.7 Å². The molecule has 0 spiro atoms. The van der Waals surface area contributed by atoms with Crippen LogP contribution >= 0.6 is 0 Å². The van der Waals surface area contributed by atoms with E-state index in [9.17, 15) is 79.8 Å². The van der Waals surface area contributed by atoms with Gasteiger partial charge in [-0.15, -0.1) is 0 Å². The molecule has 2 N–H and O–H groups in total. The lowest BCUT2D eigenvalue weighted by Crippen LogP contribution is -2.68. The maximum atomic E-state index is 13.5. The monoisotopic (exact) mass is 546 g/mol. The molecule has 0 aliphatic rings. The van der Waals surface area contributed by atoms with Gasteiger partial charge in [0.15, 0.2) is 37.0 Å². The molecule has 0 saturated heterocycles. The van der Waals surface area contributed by atoms with Crippen molar-refractivity contribution in [2.45, 2.75) is 73.1 Å². The minimum absolute atomic E-state index is 2.83. The van der Waals surface area contributed by atoms with Crippen LogP contribution in [0.25, 0.3) is 0 Å². The lowest BCUT2D eigenvalue weighted by molar-refractivity contribution is -0.372. The highest BCUT2D eigenvalue weighted by Crippen LogP contribution is 2.55. The van der Waals surface area contributed by atoms with E-state index in [4.69, 9.17) is 10.2 Å². The molecule has 8 unspecified atom stereocenters. The lowest BCUT2D eigenvalue weighted by atomic mass is 9.90. The zero-order valence-electron chi connectivity index (χ0n) is 15.4. The summed E-state index contributed by atoms with van der Waals surface area (Å²) in [5.74, 6) is -37.1. The van der Waals surface area contributed by atoms with Crippen molar-refractivity contribution in [1.82, 2.24) is 0 Å². The fraction of sp³-hybridized carbons (Fsp3) is 0.857. The van der Waals surface area contributed by atoms with Crippen molar-refractivity contribution >= 4 is 11.9 Å². The average Bonchev–Trinajstić information content (AvgIpc) is 2.73. The van der Waals surface area contributed by atoms with E-state index in [0.717, 1.165) is 0 Å². The van der Waals surface area contributed by atoms with Crippen LogP contribution in [0.4, 0.5) is 70.2 Å². The molecule has 0 aromatic carbocycles. The summed E-state index contributed by atoms with van der Waals surface area (Å²) < 4.78 is 212. The summed E-state index contributed by atoms with van der Waals surface area (Å²) in [5, 5.41) is 15.8. The number of aliphatic carboxylic acids is 2. The van der Waals surface area contributed by atoms with Crippen LogP contribution in [0, 0.1) is 0 Å². The summed E-state index contributed by atoms with van der Waals surface area (Å²) in [5.41, 5.74) is 0. The Hall–Kier alpha value is -2.18. The van der Waals surface area contributed by atoms with Crippen LogP contribution in [-0.2, 0) is 9.59 Å². The first-order chi connectivity index (χ1) is 14.9. The predicted octanol–water partition coefficient (Wildman–Crippen LogP) is 4.40. The highest BCUT2D eigenvalue weighted by Gasteiger charge is 2.85. The van der Waals surface area contributed by atoms with Crippen molar-refractivity contribution in [3.63, 3.8) is 0 Å². The van der Waals surface area contributed by atoms with Gasteiger partial charge in [0.25, 0.3) is 0 Å². The van der Waals surface area contributed by atoms with Gasteiger partial charge < -0.3 is 10.2 Å². The molecule has 20 heteroatoms. The Kier molecular flexibility index (Phi) is 9.55. The molecule has 8 atom stereocenters. The van der Waals surface area contributed by atoms with Crippen LogP contribution in [0.5, 0.6) is 0 Å². The first-order valence-electron chi connectivity index (χ1n) is 8.02. The molecule has 202 valence electrons. The first-order valence-corrected chi connectivity index (χ1v) is 8.02. The van der Waals surface area contributed by atoms with E-state index in [1.165, 1.54) is 0 Å². The molecule has 0 saturated carbocycles. The zero-order chi connectivity index (χ0) is 27.8. The van der Waals surface area contributed by atoms with Crippen LogP contribution in [0.15, 0.2) is 0 Å². The van der Waals surface area contributed by atoms with Crippen molar-refractivity contribution in [2.24, 2.45) is 0 Å². The molecule has 0 aliphatic heterocycles. The quantitative estimate of drug-likeness (QED) is 0.336. The standard InChI is InChI=1S/C14H10F16O4/c15-1(3(17)5(19)7(21)9(31)32)2(16)4(18)6(20)8(22)11(23,24)13(27,28)14(29,30)12(25,26)10(33)34/h1-8H,(H,31,32)(H,33,34). The number of hydrogen-bond acceptors (Lipinski definition) is 2. The Morgan fingerprint density at radius 1 is 0.529 bits per heavy atom. The number of carboxylic acid groups (broad SMARTS) is 2. The van der Waals surface area contributed by atoms with E-state index in [0.29, 0.717) is 0 Å². The average molecular weight is 546 g/mol. The van der Waals surface area contributed by atoms with Crippen molar-refractivity contribution in [3.05, 3.63) is 0 Å². The van der Waals surface area contributed by atoms with Crippen LogP contribution < -0.4 is 0 Å². The van der Waals surface area contributed by atoms with Crippen molar-refractivity contribution in [3.8, 4) is 0 Å². The molecule has 0 aromatic rings. The maximum absolute atomic E-state index is 13.5. The first kappa shape index (κ1) is 31.8. The van der Waals surface area contributed by atoms with Crippen molar-refractivity contribution in [1.29, 1.82) is 0 Å². The van der Waals surface area contributed by atoms with Gasteiger partial charge in [-0.05, 0) is 0 Å². The number of halogens is 16. The van der Waals surface area contributed by atoms with E-state index < -0.39 is 85.0 Å². The second-order valence-corrected chi connectivity index (χ2v) is 6.46. The smallest absolute Gasteiger partial charge is 0.410 e. The molecular formula is C14H10F16O4. The molecule has 0 heterocycles. The Morgan fingerprint density at radius 3 is 1.18 bits per heavy atom. The van der Waals surface area contributed by atoms with E-state index in [1.54, 1.807) is 0 Å².